The number of esters is 1. The molecule has 0 aliphatic heterocycles. The summed E-state index contributed by atoms with van der Waals surface area (Å²) >= 11 is 0. The van der Waals surface area contributed by atoms with Crippen LogP contribution in [-0.4, -0.2) is 12.6 Å². The zero-order valence-corrected chi connectivity index (χ0v) is 27.7. The number of unbranched alkanes of at least 4 members (excludes halogenated alkanes) is 26. The van der Waals surface area contributed by atoms with E-state index in [2.05, 4.69) is 27.7 Å². The Morgan fingerprint density at radius 2 is 0.692 bits per heavy atom. The molecule has 3 N–H and O–H groups in total. The molecular formula is C36H75NO2. The molecule has 0 aromatic heterocycles. The summed E-state index contributed by atoms with van der Waals surface area (Å²) in [6.45, 7) is 9.33. The van der Waals surface area contributed by atoms with Gasteiger partial charge in [0.1, 0.15) is 0 Å². The summed E-state index contributed by atoms with van der Waals surface area (Å²) in [6.07, 6.45) is 39.2. The molecule has 0 rings (SSSR count). The van der Waals surface area contributed by atoms with E-state index in [4.69, 9.17) is 4.74 Å². The van der Waals surface area contributed by atoms with Gasteiger partial charge in [-0.25, -0.2) is 0 Å². The first-order chi connectivity index (χ1) is 18.5. The molecule has 0 aromatic rings. The standard InChI is InChI=1S/C36H72O2.H3N/c1-5-7-9-11-13-15-17-19-21-23-25-27-29-31-33-36(3,4)35(37)38-34-32-30-28-26-24-22-20-18-16-14-12-10-8-6-2;/h5-34H2,1-4H3;1H3. The van der Waals surface area contributed by atoms with E-state index in [1.54, 1.807) is 0 Å². The Bertz CT molecular complexity index is 477. The van der Waals surface area contributed by atoms with Gasteiger partial charge >= 0.3 is 5.97 Å². The van der Waals surface area contributed by atoms with Gasteiger partial charge in [0.2, 0.25) is 0 Å². The molecule has 0 unspecified atom stereocenters. The molecule has 0 amide bonds. The molecule has 0 aliphatic carbocycles. The maximum absolute atomic E-state index is 12.5. The van der Waals surface area contributed by atoms with Crippen molar-refractivity contribution in [3.8, 4) is 0 Å². The van der Waals surface area contributed by atoms with Crippen LogP contribution in [0.25, 0.3) is 0 Å². The van der Waals surface area contributed by atoms with Gasteiger partial charge < -0.3 is 10.9 Å². The van der Waals surface area contributed by atoms with Crippen LogP contribution in [0.3, 0.4) is 0 Å². The molecule has 236 valence electrons. The Morgan fingerprint density at radius 3 is 1.00 bits per heavy atom. The van der Waals surface area contributed by atoms with Gasteiger partial charge in [-0.2, -0.15) is 0 Å². The average Bonchev–Trinajstić information content (AvgIpc) is 2.90. The van der Waals surface area contributed by atoms with E-state index in [0.717, 1.165) is 19.3 Å². The van der Waals surface area contributed by atoms with E-state index in [9.17, 15) is 4.79 Å². The Labute approximate surface area is 247 Å². The fourth-order valence-corrected chi connectivity index (χ4v) is 5.52. The molecule has 0 spiro atoms. The Kier molecular flexibility index (Phi) is 33.2. The minimum Gasteiger partial charge on any atom is -0.465 e. The number of hydrogen-bond acceptors (Lipinski definition) is 3. The number of carbonyl (C=O) groups is 1. The molecule has 0 radical (unpaired) electrons. The summed E-state index contributed by atoms with van der Waals surface area (Å²) < 4.78 is 5.64. The lowest BCUT2D eigenvalue weighted by molar-refractivity contribution is -0.154. The SMILES string of the molecule is CCCCCCCCCCCCCCCCOC(=O)C(C)(C)CCCCCCCCCCCCCCCC.N. The molecule has 0 aromatic carbocycles. The zero-order valence-electron chi connectivity index (χ0n) is 27.7. The van der Waals surface area contributed by atoms with E-state index < -0.39 is 0 Å². The monoisotopic (exact) mass is 554 g/mol. The zero-order chi connectivity index (χ0) is 28.0. The highest BCUT2D eigenvalue weighted by atomic mass is 16.5. The highest BCUT2D eigenvalue weighted by molar-refractivity contribution is 5.75. The topological polar surface area (TPSA) is 61.3 Å². The fraction of sp³-hybridized carbons (Fsp3) is 0.972. The lowest BCUT2D eigenvalue weighted by Gasteiger charge is -2.22. The van der Waals surface area contributed by atoms with Crippen LogP contribution < -0.4 is 6.15 Å². The Morgan fingerprint density at radius 1 is 0.436 bits per heavy atom. The minimum absolute atomic E-state index is 0. The van der Waals surface area contributed by atoms with Gasteiger partial charge in [-0.05, 0) is 26.7 Å². The molecule has 0 bridgehead atoms. The van der Waals surface area contributed by atoms with Gasteiger partial charge in [0.25, 0.3) is 0 Å². The molecule has 0 saturated carbocycles. The fourth-order valence-electron chi connectivity index (χ4n) is 5.52. The first-order valence-corrected chi connectivity index (χ1v) is 17.7. The Balaban J connectivity index is 0. The predicted molar refractivity (Wildman–Crippen MR) is 175 cm³/mol. The van der Waals surface area contributed by atoms with Crippen molar-refractivity contribution >= 4 is 5.97 Å². The van der Waals surface area contributed by atoms with Gasteiger partial charge in [-0.15, -0.1) is 0 Å². The van der Waals surface area contributed by atoms with Crippen molar-refractivity contribution in [1.82, 2.24) is 6.15 Å². The maximum atomic E-state index is 12.5. The molecule has 0 aliphatic rings. The first kappa shape index (κ1) is 40.6. The van der Waals surface area contributed by atoms with E-state index in [0.29, 0.717) is 6.61 Å². The molecule has 3 heteroatoms. The second-order valence-corrected chi connectivity index (χ2v) is 13.0. The summed E-state index contributed by atoms with van der Waals surface area (Å²) in [7, 11) is 0. The molecule has 39 heavy (non-hydrogen) atoms. The van der Waals surface area contributed by atoms with Crippen LogP contribution >= 0.6 is 0 Å². The number of ether oxygens (including phenoxy) is 1. The average molecular weight is 554 g/mol. The van der Waals surface area contributed by atoms with Crippen molar-refractivity contribution in [3.05, 3.63) is 0 Å². The van der Waals surface area contributed by atoms with Gasteiger partial charge in [0.15, 0.2) is 0 Å². The van der Waals surface area contributed by atoms with Gasteiger partial charge in [-0.3, -0.25) is 4.79 Å². The summed E-state index contributed by atoms with van der Waals surface area (Å²) in [4.78, 5) is 12.5. The third-order valence-corrected chi connectivity index (χ3v) is 8.44. The van der Waals surface area contributed by atoms with Crippen molar-refractivity contribution in [2.24, 2.45) is 5.41 Å². The van der Waals surface area contributed by atoms with Gasteiger partial charge in [0, 0.05) is 0 Å². The van der Waals surface area contributed by atoms with Crippen molar-refractivity contribution in [3.63, 3.8) is 0 Å². The van der Waals surface area contributed by atoms with Crippen molar-refractivity contribution in [2.75, 3.05) is 6.61 Å². The molecule has 0 atom stereocenters. The van der Waals surface area contributed by atoms with Crippen molar-refractivity contribution < 1.29 is 9.53 Å². The van der Waals surface area contributed by atoms with Crippen molar-refractivity contribution in [2.45, 2.75) is 214 Å². The van der Waals surface area contributed by atoms with Crippen LogP contribution in [0, 0.1) is 5.41 Å². The van der Waals surface area contributed by atoms with E-state index in [-0.39, 0.29) is 17.5 Å². The van der Waals surface area contributed by atoms with Crippen LogP contribution in [0.4, 0.5) is 0 Å². The lowest BCUT2D eigenvalue weighted by atomic mass is 9.87. The third-order valence-electron chi connectivity index (χ3n) is 8.44. The molecular weight excluding hydrogens is 478 g/mol. The second-order valence-electron chi connectivity index (χ2n) is 13.0. The number of carbonyl (C=O) groups excluding carboxylic acids is 1. The highest BCUT2D eigenvalue weighted by Gasteiger charge is 2.28. The highest BCUT2D eigenvalue weighted by Crippen LogP contribution is 2.26. The Hall–Kier alpha value is -0.570. The quantitative estimate of drug-likeness (QED) is 0.0685. The largest absolute Gasteiger partial charge is 0.465 e. The smallest absolute Gasteiger partial charge is 0.311 e. The van der Waals surface area contributed by atoms with Crippen LogP contribution in [0.2, 0.25) is 0 Å². The third kappa shape index (κ3) is 30.2. The van der Waals surface area contributed by atoms with Crippen LogP contribution in [0.5, 0.6) is 0 Å². The predicted octanol–water partition coefficient (Wildman–Crippen LogP) is 13.1. The van der Waals surface area contributed by atoms with Crippen LogP contribution in [-0.2, 0) is 9.53 Å². The van der Waals surface area contributed by atoms with E-state index in [1.807, 2.05) is 0 Å². The summed E-state index contributed by atoms with van der Waals surface area (Å²) in [6, 6.07) is 0. The second kappa shape index (κ2) is 32.0. The van der Waals surface area contributed by atoms with Crippen LogP contribution in [0.15, 0.2) is 0 Å². The van der Waals surface area contributed by atoms with E-state index in [1.165, 1.54) is 167 Å². The van der Waals surface area contributed by atoms with Crippen LogP contribution in [0.1, 0.15) is 214 Å². The molecule has 0 heterocycles. The normalized spacial score (nSPS) is 11.5. The summed E-state index contributed by atoms with van der Waals surface area (Å²) in [5, 5.41) is 0. The summed E-state index contributed by atoms with van der Waals surface area (Å²) in [5.41, 5.74) is -0.326. The molecule has 0 saturated heterocycles. The minimum atomic E-state index is -0.326. The molecule has 3 nitrogen and oxygen atoms in total. The first-order valence-electron chi connectivity index (χ1n) is 17.7. The maximum Gasteiger partial charge on any atom is 0.311 e. The number of rotatable bonds is 31. The molecule has 0 fully saturated rings. The van der Waals surface area contributed by atoms with E-state index >= 15 is 0 Å². The van der Waals surface area contributed by atoms with Gasteiger partial charge in [0.05, 0.1) is 12.0 Å². The van der Waals surface area contributed by atoms with Crippen molar-refractivity contribution in [1.29, 1.82) is 0 Å². The van der Waals surface area contributed by atoms with Gasteiger partial charge in [-0.1, -0.05) is 187 Å². The number of hydrogen-bond donors (Lipinski definition) is 1. The summed E-state index contributed by atoms with van der Waals surface area (Å²) in [5.74, 6) is 0.0156. The lowest BCUT2D eigenvalue weighted by Crippen LogP contribution is -2.27.